The van der Waals surface area contributed by atoms with Crippen molar-refractivity contribution in [3.05, 3.63) is 114 Å². The van der Waals surface area contributed by atoms with E-state index in [2.05, 4.69) is 53.9 Å². The van der Waals surface area contributed by atoms with Gasteiger partial charge in [0.05, 0.1) is 0 Å². The highest BCUT2D eigenvalue weighted by atomic mass is 32.1. The molecule has 5 rings (SSSR count). The Kier molecular flexibility index (Phi) is 5.44. The van der Waals surface area contributed by atoms with Gasteiger partial charge >= 0.3 is 5.97 Å². The number of carbonyl (C=O) groups is 1. The average molecular weight is 437 g/mol. The molecule has 1 N–H and O–H groups in total. The van der Waals surface area contributed by atoms with Crippen molar-refractivity contribution in [2.45, 2.75) is 6.10 Å². The van der Waals surface area contributed by atoms with Crippen molar-refractivity contribution >= 4 is 27.4 Å². The number of fused-ring (bicyclic) bond motifs is 1. The predicted molar refractivity (Wildman–Crippen MR) is 130 cm³/mol. The van der Waals surface area contributed by atoms with Crippen LogP contribution in [0.1, 0.15) is 11.7 Å². The number of hydrogen-bond donors (Lipinski definition) is 1. The second-order valence-electron chi connectivity index (χ2n) is 7.47. The minimum absolute atomic E-state index is 0.539. The van der Waals surface area contributed by atoms with Crippen LogP contribution in [0.3, 0.4) is 0 Å². The Morgan fingerprint density at radius 1 is 0.719 bits per heavy atom. The Hall–Kier alpha value is -3.89. The van der Waals surface area contributed by atoms with Gasteiger partial charge in [0.15, 0.2) is 0 Å². The summed E-state index contributed by atoms with van der Waals surface area (Å²) in [5.41, 5.74) is 4.81. The topological polar surface area (TPSA) is 46.5 Å². The van der Waals surface area contributed by atoms with Crippen LogP contribution in [0, 0.1) is 0 Å². The zero-order valence-electron chi connectivity index (χ0n) is 17.1. The van der Waals surface area contributed by atoms with E-state index >= 15 is 0 Å². The fourth-order valence-electron chi connectivity index (χ4n) is 3.85. The third kappa shape index (κ3) is 3.88. The summed E-state index contributed by atoms with van der Waals surface area (Å²) in [4.78, 5) is 11.9. The minimum Gasteiger partial charge on any atom is -0.478 e. The van der Waals surface area contributed by atoms with Crippen LogP contribution in [0.2, 0.25) is 0 Å². The maximum atomic E-state index is 11.9. The van der Waals surface area contributed by atoms with Crippen molar-refractivity contribution in [3.8, 4) is 28.0 Å². The monoisotopic (exact) mass is 436 g/mol. The van der Waals surface area contributed by atoms with E-state index < -0.39 is 12.1 Å². The van der Waals surface area contributed by atoms with Crippen molar-refractivity contribution in [1.29, 1.82) is 0 Å². The van der Waals surface area contributed by atoms with Crippen LogP contribution >= 0.6 is 11.3 Å². The molecule has 156 valence electrons. The first-order valence-corrected chi connectivity index (χ1v) is 11.2. The number of ether oxygens (including phenoxy) is 1. The molecule has 1 heterocycles. The van der Waals surface area contributed by atoms with Crippen LogP contribution in [0.4, 0.5) is 0 Å². The minimum atomic E-state index is -1.08. The third-order valence-corrected chi connectivity index (χ3v) is 6.41. The van der Waals surface area contributed by atoms with Crippen LogP contribution in [0.5, 0.6) is 5.75 Å². The van der Waals surface area contributed by atoms with Crippen molar-refractivity contribution in [3.63, 3.8) is 0 Å². The van der Waals surface area contributed by atoms with Gasteiger partial charge < -0.3 is 9.84 Å². The first kappa shape index (κ1) is 20.0. The largest absolute Gasteiger partial charge is 0.478 e. The fourth-order valence-corrected chi connectivity index (χ4v) is 4.82. The van der Waals surface area contributed by atoms with Crippen molar-refractivity contribution < 1.29 is 14.6 Å². The predicted octanol–water partition coefficient (Wildman–Crippen LogP) is 7.44. The van der Waals surface area contributed by atoms with E-state index in [0.717, 1.165) is 16.7 Å². The molecule has 1 aromatic heterocycles. The standard InChI is InChI=1S/C28H20O3S/c29-28(30)27(21-8-2-1-3-9-21)31-25-12-6-4-10-22(25)19-14-16-20(17-15-19)24-18-32-26-13-7-5-11-23(24)26/h1-18,27H,(H,29,30). The summed E-state index contributed by atoms with van der Waals surface area (Å²) in [7, 11) is 0. The first-order chi connectivity index (χ1) is 15.7. The Morgan fingerprint density at radius 3 is 2.09 bits per heavy atom. The van der Waals surface area contributed by atoms with Gasteiger partial charge in [-0.05, 0) is 28.6 Å². The Bertz CT molecular complexity index is 1370. The van der Waals surface area contributed by atoms with E-state index in [4.69, 9.17) is 4.74 Å². The van der Waals surface area contributed by atoms with Gasteiger partial charge in [-0.25, -0.2) is 4.79 Å². The highest BCUT2D eigenvalue weighted by Crippen LogP contribution is 2.37. The number of para-hydroxylation sites is 1. The summed E-state index contributed by atoms with van der Waals surface area (Å²) < 4.78 is 7.28. The summed E-state index contributed by atoms with van der Waals surface area (Å²) >= 11 is 1.74. The summed E-state index contributed by atoms with van der Waals surface area (Å²) in [6.45, 7) is 0. The number of rotatable bonds is 6. The third-order valence-electron chi connectivity index (χ3n) is 5.45. The molecule has 1 atom stereocenters. The highest BCUT2D eigenvalue weighted by molar-refractivity contribution is 7.17. The number of aliphatic carboxylic acids is 1. The van der Waals surface area contributed by atoms with Crippen LogP contribution in [0.15, 0.2) is 109 Å². The lowest BCUT2D eigenvalue weighted by molar-refractivity contribution is -0.145. The van der Waals surface area contributed by atoms with Gasteiger partial charge in [-0.15, -0.1) is 11.3 Å². The lowest BCUT2D eigenvalue weighted by Gasteiger charge is -2.18. The zero-order valence-corrected chi connectivity index (χ0v) is 18.0. The highest BCUT2D eigenvalue weighted by Gasteiger charge is 2.23. The summed E-state index contributed by atoms with van der Waals surface area (Å²) in [5.74, 6) is -0.483. The Labute approximate surface area is 190 Å². The SMILES string of the molecule is O=C(O)C(Oc1ccccc1-c1ccc(-c2csc3ccccc23)cc1)c1ccccc1. The molecule has 0 spiro atoms. The molecular weight excluding hydrogens is 416 g/mol. The number of carboxylic acid groups (broad SMARTS) is 1. The molecule has 0 aliphatic carbocycles. The smallest absolute Gasteiger partial charge is 0.349 e. The van der Waals surface area contributed by atoms with Crippen LogP contribution < -0.4 is 4.74 Å². The van der Waals surface area contributed by atoms with Gasteiger partial charge in [-0.2, -0.15) is 0 Å². The van der Waals surface area contributed by atoms with E-state index in [1.54, 1.807) is 23.5 Å². The average Bonchev–Trinajstić information content (AvgIpc) is 3.27. The van der Waals surface area contributed by atoms with E-state index in [0.29, 0.717) is 11.3 Å². The molecule has 0 saturated heterocycles. The molecule has 0 fully saturated rings. The van der Waals surface area contributed by atoms with Crippen molar-refractivity contribution in [2.75, 3.05) is 0 Å². The second kappa shape index (κ2) is 8.69. The molecule has 0 aliphatic rings. The molecule has 0 amide bonds. The van der Waals surface area contributed by atoms with Crippen LogP contribution in [-0.2, 0) is 4.79 Å². The van der Waals surface area contributed by atoms with Gasteiger partial charge in [-0.1, -0.05) is 91.0 Å². The molecule has 32 heavy (non-hydrogen) atoms. The van der Waals surface area contributed by atoms with E-state index in [-0.39, 0.29) is 0 Å². The lowest BCUT2D eigenvalue weighted by atomic mass is 9.99. The van der Waals surface area contributed by atoms with Gasteiger partial charge in [-0.3, -0.25) is 0 Å². The number of thiophene rings is 1. The second-order valence-corrected chi connectivity index (χ2v) is 8.38. The number of carboxylic acids is 1. The van der Waals surface area contributed by atoms with Gasteiger partial charge in [0.2, 0.25) is 6.10 Å². The molecule has 4 heteroatoms. The molecule has 0 bridgehead atoms. The first-order valence-electron chi connectivity index (χ1n) is 10.3. The quantitative estimate of drug-likeness (QED) is 0.301. The summed E-state index contributed by atoms with van der Waals surface area (Å²) in [5, 5.41) is 13.2. The van der Waals surface area contributed by atoms with E-state index in [1.165, 1.54) is 15.6 Å². The number of hydrogen-bond acceptors (Lipinski definition) is 3. The lowest BCUT2D eigenvalue weighted by Crippen LogP contribution is -2.18. The van der Waals surface area contributed by atoms with Crippen LogP contribution in [0.25, 0.3) is 32.3 Å². The molecule has 0 saturated carbocycles. The van der Waals surface area contributed by atoms with Crippen LogP contribution in [-0.4, -0.2) is 11.1 Å². The normalized spacial score (nSPS) is 11.9. The Morgan fingerprint density at radius 2 is 1.34 bits per heavy atom. The molecule has 4 aromatic carbocycles. The maximum absolute atomic E-state index is 11.9. The van der Waals surface area contributed by atoms with Gasteiger partial charge in [0.1, 0.15) is 5.75 Å². The molecule has 3 nitrogen and oxygen atoms in total. The zero-order chi connectivity index (χ0) is 21.9. The summed E-state index contributed by atoms with van der Waals surface area (Å²) in [6, 6.07) is 33.3. The fraction of sp³-hybridized carbons (Fsp3) is 0.0357. The van der Waals surface area contributed by atoms with Crippen molar-refractivity contribution in [1.82, 2.24) is 0 Å². The Balaban J connectivity index is 1.48. The van der Waals surface area contributed by atoms with E-state index in [9.17, 15) is 9.90 Å². The van der Waals surface area contributed by atoms with Crippen molar-refractivity contribution in [2.24, 2.45) is 0 Å². The molecule has 5 aromatic rings. The van der Waals surface area contributed by atoms with Gasteiger partial charge in [0.25, 0.3) is 0 Å². The summed E-state index contributed by atoms with van der Waals surface area (Å²) in [6.07, 6.45) is -1.08. The maximum Gasteiger partial charge on any atom is 0.349 e. The molecule has 1 unspecified atom stereocenters. The molecule has 0 radical (unpaired) electrons. The molecular formula is C28H20O3S. The molecule has 0 aliphatic heterocycles. The van der Waals surface area contributed by atoms with E-state index in [1.807, 2.05) is 42.5 Å². The number of benzene rings is 4. The van der Waals surface area contributed by atoms with Gasteiger partial charge in [0, 0.05) is 26.8 Å².